The summed E-state index contributed by atoms with van der Waals surface area (Å²) in [5.41, 5.74) is 7.95. The molecular weight excluding hydrogens is 312 g/mol. The molecule has 0 radical (unpaired) electrons. The predicted octanol–water partition coefficient (Wildman–Crippen LogP) is 4.01. The van der Waals surface area contributed by atoms with E-state index in [9.17, 15) is 5.11 Å². The maximum absolute atomic E-state index is 9.42. The zero-order valence-corrected chi connectivity index (χ0v) is 11.6. The zero-order chi connectivity index (χ0) is 12.7. The minimum Gasteiger partial charge on any atom is -0.506 e. The number of fused-ring (bicyclic) bond motifs is 1. The van der Waals surface area contributed by atoms with Crippen LogP contribution in [0.1, 0.15) is 0 Å². The Hall–Kier alpha value is -1.59. The molecule has 3 N–H and O–H groups in total. The summed E-state index contributed by atoms with van der Waals surface area (Å²) in [7, 11) is 0. The molecule has 0 atom stereocenters. The third kappa shape index (κ3) is 1.95. The Labute approximate surface area is 116 Å². The number of benzene rings is 2. The van der Waals surface area contributed by atoms with Crippen molar-refractivity contribution in [2.24, 2.45) is 0 Å². The van der Waals surface area contributed by atoms with Crippen LogP contribution in [0.5, 0.6) is 5.75 Å². The van der Waals surface area contributed by atoms with Crippen molar-refractivity contribution >= 4 is 43.2 Å². The number of thiazole rings is 1. The van der Waals surface area contributed by atoms with Crippen LogP contribution < -0.4 is 5.73 Å². The van der Waals surface area contributed by atoms with Crippen LogP contribution in [0.4, 0.5) is 5.69 Å². The molecule has 1 aromatic heterocycles. The Bertz CT molecular complexity index is 739. The number of nitrogens with zero attached hydrogens (tertiary/aromatic N) is 1. The van der Waals surface area contributed by atoms with Gasteiger partial charge < -0.3 is 10.8 Å². The van der Waals surface area contributed by atoms with Crippen LogP contribution in [0.2, 0.25) is 0 Å². The van der Waals surface area contributed by atoms with Crippen LogP contribution >= 0.6 is 27.3 Å². The van der Waals surface area contributed by atoms with Crippen LogP contribution in [0.3, 0.4) is 0 Å². The summed E-state index contributed by atoms with van der Waals surface area (Å²) in [4.78, 5) is 4.56. The van der Waals surface area contributed by atoms with Gasteiger partial charge in [-0.2, -0.15) is 0 Å². The molecule has 0 saturated carbocycles. The molecule has 0 spiro atoms. The summed E-state index contributed by atoms with van der Waals surface area (Å²) in [5.74, 6) is 0.0996. The molecule has 1 heterocycles. The van der Waals surface area contributed by atoms with Crippen molar-refractivity contribution in [3.05, 3.63) is 40.9 Å². The molecule has 0 amide bonds. The quantitative estimate of drug-likeness (QED) is 0.526. The van der Waals surface area contributed by atoms with E-state index in [1.54, 1.807) is 23.5 Å². The van der Waals surface area contributed by atoms with E-state index in [0.29, 0.717) is 5.69 Å². The van der Waals surface area contributed by atoms with E-state index in [-0.39, 0.29) is 5.75 Å². The maximum Gasteiger partial charge on any atom is 0.138 e. The Morgan fingerprint density at radius 1 is 1.17 bits per heavy atom. The highest BCUT2D eigenvalue weighted by molar-refractivity contribution is 9.10. The molecule has 2 aromatic carbocycles. The van der Waals surface area contributed by atoms with E-state index in [1.165, 1.54) is 0 Å². The SMILES string of the molecule is Nc1cc(-c2nc3ccc(Br)cc3s2)ccc1O. The summed E-state index contributed by atoms with van der Waals surface area (Å²) < 4.78 is 2.15. The molecule has 0 aliphatic heterocycles. The van der Waals surface area contributed by atoms with Crippen LogP contribution in [0.15, 0.2) is 40.9 Å². The predicted molar refractivity (Wildman–Crippen MR) is 78.8 cm³/mol. The molecule has 0 bridgehead atoms. The standard InChI is InChI=1S/C13H9BrN2OS/c14-8-2-3-10-12(6-8)18-13(16-10)7-1-4-11(17)9(15)5-7/h1-6,17H,15H2. The summed E-state index contributed by atoms with van der Waals surface area (Å²) in [6, 6.07) is 11.1. The van der Waals surface area contributed by atoms with Crippen LogP contribution in [-0.2, 0) is 0 Å². The fraction of sp³-hybridized carbons (Fsp3) is 0. The van der Waals surface area contributed by atoms with Gasteiger partial charge in [0.1, 0.15) is 10.8 Å². The lowest BCUT2D eigenvalue weighted by Crippen LogP contribution is -1.86. The number of nitrogens with two attached hydrogens (primary N) is 1. The number of aromatic nitrogens is 1. The van der Waals surface area contributed by atoms with Crippen molar-refractivity contribution in [1.29, 1.82) is 0 Å². The summed E-state index contributed by atoms with van der Waals surface area (Å²) >= 11 is 5.05. The Morgan fingerprint density at radius 3 is 2.78 bits per heavy atom. The van der Waals surface area contributed by atoms with Gasteiger partial charge >= 0.3 is 0 Å². The summed E-state index contributed by atoms with van der Waals surface area (Å²) in [5, 5.41) is 10.3. The molecular formula is C13H9BrN2OS. The first-order valence-electron chi connectivity index (χ1n) is 5.28. The lowest BCUT2D eigenvalue weighted by atomic mass is 10.2. The van der Waals surface area contributed by atoms with Gasteiger partial charge in [-0.05, 0) is 36.4 Å². The van der Waals surface area contributed by atoms with Gasteiger partial charge in [-0.3, -0.25) is 0 Å². The van der Waals surface area contributed by atoms with E-state index >= 15 is 0 Å². The topological polar surface area (TPSA) is 59.1 Å². The van der Waals surface area contributed by atoms with Crippen LogP contribution in [0.25, 0.3) is 20.8 Å². The first-order chi connectivity index (χ1) is 8.63. The third-order valence-corrected chi connectivity index (χ3v) is 4.19. The summed E-state index contributed by atoms with van der Waals surface area (Å²) in [6.45, 7) is 0. The number of anilines is 1. The van der Waals surface area contributed by atoms with Crippen molar-refractivity contribution in [2.45, 2.75) is 0 Å². The van der Waals surface area contributed by atoms with Gasteiger partial charge in [0.2, 0.25) is 0 Å². The molecule has 3 aromatic rings. The molecule has 0 fully saturated rings. The van der Waals surface area contributed by atoms with Crippen molar-refractivity contribution < 1.29 is 5.11 Å². The molecule has 0 unspecified atom stereocenters. The van der Waals surface area contributed by atoms with Crippen LogP contribution in [0, 0.1) is 0 Å². The highest BCUT2D eigenvalue weighted by Crippen LogP contribution is 2.34. The molecule has 3 rings (SSSR count). The fourth-order valence-electron chi connectivity index (χ4n) is 1.71. The second-order valence-corrected chi connectivity index (χ2v) is 5.85. The number of phenols is 1. The van der Waals surface area contributed by atoms with Gasteiger partial charge in [0.25, 0.3) is 0 Å². The van der Waals surface area contributed by atoms with Gasteiger partial charge in [-0.15, -0.1) is 11.3 Å². The van der Waals surface area contributed by atoms with Crippen molar-refractivity contribution in [1.82, 2.24) is 4.98 Å². The Morgan fingerprint density at radius 2 is 2.00 bits per heavy atom. The van der Waals surface area contributed by atoms with Crippen molar-refractivity contribution in [3.8, 4) is 16.3 Å². The van der Waals surface area contributed by atoms with Gasteiger partial charge in [-0.25, -0.2) is 4.98 Å². The smallest absolute Gasteiger partial charge is 0.138 e. The van der Waals surface area contributed by atoms with E-state index in [0.717, 1.165) is 25.3 Å². The second-order valence-electron chi connectivity index (χ2n) is 3.90. The first-order valence-corrected chi connectivity index (χ1v) is 6.89. The van der Waals surface area contributed by atoms with Gasteiger partial charge in [0.05, 0.1) is 15.9 Å². The minimum absolute atomic E-state index is 0.0996. The van der Waals surface area contributed by atoms with E-state index < -0.39 is 0 Å². The molecule has 3 nitrogen and oxygen atoms in total. The normalized spacial score (nSPS) is 10.9. The zero-order valence-electron chi connectivity index (χ0n) is 9.22. The maximum atomic E-state index is 9.42. The van der Waals surface area contributed by atoms with Gasteiger partial charge in [-0.1, -0.05) is 15.9 Å². The van der Waals surface area contributed by atoms with Gasteiger partial charge in [0.15, 0.2) is 0 Å². The highest BCUT2D eigenvalue weighted by atomic mass is 79.9. The molecule has 5 heteroatoms. The van der Waals surface area contributed by atoms with Crippen molar-refractivity contribution in [2.75, 3.05) is 5.73 Å². The monoisotopic (exact) mass is 320 g/mol. The van der Waals surface area contributed by atoms with Crippen molar-refractivity contribution in [3.63, 3.8) is 0 Å². The minimum atomic E-state index is 0.0996. The average molecular weight is 321 g/mol. The Balaban J connectivity index is 2.16. The largest absolute Gasteiger partial charge is 0.506 e. The number of hydrogen-bond acceptors (Lipinski definition) is 4. The first kappa shape index (κ1) is 11.5. The number of rotatable bonds is 1. The summed E-state index contributed by atoms with van der Waals surface area (Å²) in [6.07, 6.45) is 0. The lowest BCUT2D eigenvalue weighted by Gasteiger charge is -2.00. The third-order valence-electron chi connectivity index (χ3n) is 2.62. The highest BCUT2D eigenvalue weighted by Gasteiger charge is 2.08. The molecule has 0 aliphatic carbocycles. The van der Waals surface area contributed by atoms with E-state index in [1.807, 2.05) is 24.3 Å². The van der Waals surface area contributed by atoms with E-state index in [4.69, 9.17) is 5.73 Å². The Kier molecular flexibility index (Phi) is 2.72. The average Bonchev–Trinajstić information content (AvgIpc) is 2.75. The second kappa shape index (κ2) is 4.26. The molecule has 0 aliphatic rings. The fourth-order valence-corrected chi connectivity index (χ4v) is 3.22. The number of halogens is 1. The molecule has 18 heavy (non-hydrogen) atoms. The molecule has 90 valence electrons. The van der Waals surface area contributed by atoms with Gasteiger partial charge in [0, 0.05) is 10.0 Å². The van der Waals surface area contributed by atoms with E-state index in [2.05, 4.69) is 20.9 Å². The van der Waals surface area contributed by atoms with Crippen LogP contribution in [-0.4, -0.2) is 10.1 Å². The number of phenolic OH excluding ortho intramolecular Hbond substituents is 1. The number of aromatic hydroxyl groups is 1. The number of nitrogen functional groups attached to an aromatic ring is 1. The lowest BCUT2D eigenvalue weighted by molar-refractivity contribution is 0.478. The number of hydrogen-bond donors (Lipinski definition) is 2. The molecule has 0 saturated heterocycles.